The normalized spacial score (nSPS) is 16.9. The van der Waals surface area contributed by atoms with E-state index in [0.717, 1.165) is 62.2 Å². The quantitative estimate of drug-likeness (QED) is 0.585. The van der Waals surface area contributed by atoms with E-state index in [4.69, 9.17) is 4.74 Å². The predicted molar refractivity (Wildman–Crippen MR) is 140 cm³/mol. The van der Waals surface area contributed by atoms with Crippen LogP contribution in [0.3, 0.4) is 0 Å². The number of urea groups is 1. The molecule has 0 atom stereocenters. The molecule has 3 amide bonds. The number of carbonyl (C=O) groups excluding carboxylic acids is 2. The molecule has 0 spiro atoms. The number of aryl methyl sites for hydroxylation is 1. The van der Waals surface area contributed by atoms with Crippen LogP contribution in [0.15, 0.2) is 23.6 Å². The first-order chi connectivity index (χ1) is 17.1. The molecule has 2 fully saturated rings. The molecule has 1 aromatic heterocycles. The largest absolute Gasteiger partial charge is 0.496 e. The number of piperidine rings is 1. The Bertz CT molecular complexity index is 997. The zero-order valence-corrected chi connectivity index (χ0v) is 21.7. The van der Waals surface area contributed by atoms with Gasteiger partial charge in [-0.05, 0) is 49.8 Å². The molecule has 35 heavy (non-hydrogen) atoms. The molecule has 2 aliphatic heterocycles. The average molecular weight is 500 g/mol. The van der Waals surface area contributed by atoms with Crippen molar-refractivity contribution in [1.82, 2.24) is 19.7 Å². The minimum atomic E-state index is -0.142. The van der Waals surface area contributed by atoms with Crippen LogP contribution in [0.5, 0.6) is 5.75 Å². The Morgan fingerprint density at radius 2 is 1.83 bits per heavy atom. The fourth-order valence-corrected chi connectivity index (χ4v) is 5.36. The first-order valence-electron chi connectivity index (χ1n) is 12.8. The van der Waals surface area contributed by atoms with Crippen molar-refractivity contribution in [1.29, 1.82) is 0 Å². The van der Waals surface area contributed by atoms with Gasteiger partial charge in [-0.25, -0.2) is 9.78 Å². The number of benzene rings is 1. The number of hydrogen-bond acceptors (Lipinski definition) is 6. The summed E-state index contributed by atoms with van der Waals surface area (Å²) >= 11 is 1.42. The third-order valence-electron chi connectivity index (χ3n) is 6.80. The Kier molecular flexibility index (Phi) is 8.98. The fraction of sp³-hybridized carbons (Fsp3) is 0.577. The molecule has 0 aliphatic carbocycles. The summed E-state index contributed by atoms with van der Waals surface area (Å²) in [7, 11) is 1.67. The van der Waals surface area contributed by atoms with E-state index in [1.165, 1.54) is 23.3 Å². The van der Waals surface area contributed by atoms with Gasteiger partial charge < -0.3 is 14.5 Å². The number of hydrogen-bond donors (Lipinski definition) is 1. The molecule has 0 unspecified atom stereocenters. The highest BCUT2D eigenvalue weighted by Gasteiger charge is 2.25. The number of methoxy groups -OCH3 is 1. The van der Waals surface area contributed by atoms with Crippen LogP contribution in [0.25, 0.3) is 11.3 Å². The number of rotatable bonds is 8. The summed E-state index contributed by atoms with van der Waals surface area (Å²) in [5, 5.41) is 5.49. The van der Waals surface area contributed by atoms with Gasteiger partial charge in [0.2, 0.25) is 5.91 Å². The number of nitrogens with one attached hydrogen (secondary N) is 1. The molecule has 4 rings (SSSR count). The van der Waals surface area contributed by atoms with E-state index < -0.39 is 0 Å². The van der Waals surface area contributed by atoms with Gasteiger partial charge in [-0.15, -0.1) is 11.3 Å². The van der Waals surface area contributed by atoms with Crippen molar-refractivity contribution in [2.45, 2.75) is 45.4 Å². The van der Waals surface area contributed by atoms with Crippen LogP contribution < -0.4 is 10.1 Å². The standard InChI is InChI=1S/C26H37N5O3S/c1-3-4-8-20-9-10-23(34-2)21(17-20)22-19-35-25(27-22)28-26(33)31-15-13-29(14-16-31)18-24(32)30-11-6-5-7-12-30/h9-10,17,19H,3-8,11-16,18H2,1-2H3,(H,27,28,33). The second-order valence-corrected chi connectivity index (χ2v) is 10.2. The Balaban J connectivity index is 1.30. The van der Waals surface area contributed by atoms with Gasteiger partial charge in [-0.2, -0.15) is 0 Å². The van der Waals surface area contributed by atoms with Crippen molar-refractivity contribution in [2.75, 3.05) is 58.2 Å². The Morgan fingerprint density at radius 1 is 1.06 bits per heavy atom. The molecule has 1 N–H and O–H groups in total. The summed E-state index contributed by atoms with van der Waals surface area (Å²) in [6.45, 7) is 7.02. The van der Waals surface area contributed by atoms with Gasteiger partial charge in [0.1, 0.15) is 5.75 Å². The lowest BCUT2D eigenvalue weighted by Crippen LogP contribution is -2.52. The molecule has 190 valence electrons. The maximum Gasteiger partial charge on any atom is 0.323 e. The van der Waals surface area contributed by atoms with Crippen molar-refractivity contribution in [3.63, 3.8) is 0 Å². The summed E-state index contributed by atoms with van der Waals surface area (Å²) in [5.41, 5.74) is 3.02. The minimum absolute atomic E-state index is 0.142. The van der Waals surface area contributed by atoms with Crippen LogP contribution in [0.2, 0.25) is 0 Å². The number of amides is 3. The Morgan fingerprint density at radius 3 is 2.54 bits per heavy atom. The number of likely N-dealkylation sites (tertiary alicyclic amines) is 1. The monoisotopic (exact) mass is 499 g/mol. The van der Waals surface area contributed by atoms with E-state index in [1.807, 2.05) is 16.3 Å². The number of nitrogens with zero attached hydrogens (tertiary/aromatic N) is 4. The van der Waals surface area contributed by atoms with Crippen LogP contribution in [-0.4, -0.2) is 84.5 Å². The average Bonchev–Trinajstić information content (AvgIpc) is 3.36. The highest BCUT2D eigenvalue weighted by Crippen LogP contribution is 2.33. The fourth-order valence-electron chi connectivity index (χ4n) is 4.66. The van der Waals surface area contributed by atoms with E-state index in [1.54, 1.807) is 12.0 Å². The van der Waals surface area contributed by atoms with Crippen molar-refractivity contribution in [3.05, 3.63) is 29.1 Å². The number of thiazole rings is 1. The predicted octanol–water partition coefficient (Wildman–Crippen LogP) is 4.32. The lowest BCUT2D eigenvalue weighted by atomic mass is 10.0. The van der Waals surface area contributed by atoms with E-state index in [-0.39, 0.29) is 11.9 Å². The minimum Gasteiger partial charge on any atom is -0.496 e. The molecule has 2 saturated heterocycles. The van der Waals surface area contributed by atoms with Gasteiger partial charge in [0.25, 0.3) is 0 Å². The van der Waals surface area contributed by atoms with Crippen LogP contribution in [0, 0.1) is 0 Å². The summed E-state index contributed by atoms with van der Waals surface area (Å²) in [6.07, 6.45) is 6.75. The zero-order chi connectivity index (χ0) is 24.6. The highest BCUT2D eigenvalue weighted by atomic mass is 32.1. The number of unbranched alkanes of at least 4 members (excludes halogenated alkanes) is 1. The molecule has 0 radical (unpaired) electrons. The summed E-state index contributed by atoms with van der Waals surface area (Å²) < 4.78 is 5.56. The molecule has 2 aromatic rings. The molecular weight excluding hydrogens is 462 g/mol. The lowest BCUT2D eigenvalue weighted by molar-refractivity contribution is -0.133. The summed E-state index contributed by atoms with van der Waals surface area (Å²) in [4.78, 5) is 36.0. The van der Waals surface area contributed by atoms with Crippen molar-refractivity contribution < 1.29 is 14.3 Å². The van der Waals surface area contributed by atoms with Crippen molar-refractivity contribution in [3.8, 4) is 17.0 Å². The first kappa shape index (κ1) is 25.4. The zero-order valence-electron chi connectivity index (χ0n) is 20.9. The Hall–Kier alpha value is -2.65. The lowest BCUT2D eigenvalue weighted by Gasteiger charge is -2.35. The van der Waals surface area contributed by atoms with Gasteiger partial charge >= 0.3 is 6.03 Å². The van der Waals surface area contributed by atoms with Gasteiger partial charge in [-0.1, -0.05) is 19.4 Å². The molecule has 9 heteroatoms. The molecule has 0 saturated carbocycles. The number of ether oxygens (including phenoxy) is 1. The van der Waals surface area contributed by atoms with Crippen LogP contribution in [0.4, 0.5) is 9.93 Å². The maximum absolute atomic E-state index is 12.8. The number of aromatic nitrogens is 1. The van der Waals surface area contributed by atoms with Crippen LogP contribution in [-0.2, 0) is 11.2 Å². The van der Waals surface area contributed by atoms with E-state index in [2.05, 4.69) is 34.3 Å². The first-order valence-corrected chi connectivity index (χ1v) is 13.6. The topological polar surface area (TPSA) is 78.0 Å². The third kappa shape index (κ3) is 6.73. The van der Waals surface area contributed by atoms with Crippen molar-refractivity contribution in [2.24, 2.45) is 0 Å². The van der Waals surface area contributed by atoms with E-state index >= 15 is 0 Å². The Labute approximate surface area is 212 Å². The second-order valence-electron chi connectivity index (χ2n) is 9.31. The number of piperazine rings is 1. The number of anilines is 1. The molecule has 2 aliphatic rings. The van der Waals surface area contributed by atoms with Crippen LogP contribution >= 0.6 is 11.3 Å². The SMILES string of the molecule is CCCCc1ccc(OC)c(-c2csc(NC(=O)N3CCN(CC(=O)N4CCCCC4)CC3)n2)c1. The number of carbonyl (C=O) groups is 2. The second kappa shape index (κ2) is 12.4. The molecule has 1 aromatic carbocycles. The van der Waals surface area contributed by atoms with Crippen molar-refractivity contribution >= 4 is 28.4 Å². The molecule has 8 nitrogen and oxygen atoms in total. The third-order valence-corrected chi connectivity index (χ3v) is 7.56. The molecule has 3 heterocycles. The van der Waals surface area contributed by atoms with E-state index in [9.17, 15) is 9.59 Å². The maximum atomic E-state index is 12.8. The smallest absolute Gasteiger partial charge is 0.323 e. The summed E-state index contributed by atoms with van der Waals surface area (Å²) in [5.74, 6) is 0.996. The van der Waals surface area contributed by atoms with Gasteiger partial charge in [0.15, 0.2) is 5.13 Å². The summed E-state index contributed by atoms with van der Waals surface area (Å²) in [6, 6.07) is 6.09. The van der Waals surface area contributed by atoms with E-state index in [0.29, 0.717) is 37.9 Å². The van der Waals surface area contributed by atoms with Gasteiger partial charge in [0, 0.05) is 50.2 Å². The molecular formula is C26H37N5O3S. The highest BCUT2D eigenvalue weighted by molar-refractivity contribution is 7.14. The van der Waals surface area contributed by atoms with Gasteiger partial charge in [0.05, 0.1) is 19.3 Å². The molecule has 0 bridgehead atoms. The van der Waals surface area contributed by atoms with Gasteiger partial charge in [-0.3, -0.25) is 15.0 Å². The van der Waals surface area contributed by atoms with Crippen LogP contribution in [0.1, 0.15) is 44.6 Å².